The van der Waals surface area contributed by atoms with Gasteiger partial charge in [0.1, 0.15) is 17.2 Å². The first-order valence-corrected chi connectivity index (χ1v) is 7.02. The summed E-state index contributed by atoms with van der Waals surface area (Å²) < 4.78 is 12.9. The molecule has 2 N–H and O–H groups in total. The highest BCUT2D eigenvalue weighted by Gasteiger charge is 2.16. The van der Waals surface area contributed by atoms with Crippen LogP contribution < -0.4 is 5.32 Å². The number of hydrogen-bond acceptors (Lipinski definition) is 4. The minimum absolute atomic E-state index is 0.111. The van der Waals surface area contributed by atoms with Gasteiger partial charge in [0, 0.05) is 6.54 Å². The number of carboxylic acids is 1. The third kappa shape index (κ3) is 3.35. The molecule has 0 unspecified atom stereocenters. The number of nitrogens with one attached hydrogen (secondary N) is 1. The second kappa shape index (κ2) is 6.04. The van der Waals surface area contributed by atoms with Gasteiger partial charge in [0.2, 0.25) is 0 Å². The fourth-order valence-electron chi connectivity index (χ4n) is 1.93. The van der Waals surface area contributed by atoms with Crippen molar-refractivity contribution in [1.82, 2.24) is 4.98 Å². The molecule has 2 heterocycles. The van der Waals surface area contributed by atoms with Crippen LogP contribution >= 0.6 is 11.8 Å². The maximum atomic E-state index is 12.9. The average molecular weight is 270 g/mol. The number of rotatable bonds is 4. The first kappa shape index (κ1) is 13.1. The summed E-state index contributed by atoms with van der Waals surface area (Å²) in [7, 11) is 0. The summed E-state index contributed by atoms with van der Waals surface area (Å²) in [6.45, 7) is 0.694. The van der Waals surface area contributed by atoms with Crippen LogP contribution in [0.4, 0.5) is 10.2 Å². The zero-order valence-electron chi connectivity index (χ0n) is 9.86. The molecule has 0 spiro atoms. The lowest BCUT2D eigenvalue weighted by Crippen LogP contribution is -2.20. The highest BCUT2D eigenvalue weighted by Crippen LogP contribution is 2.23. The lowest BCUT2D eigenvalue weighted by Gasteiger charge is -2.22. The molecule has 18 heavy (non-hydrogen) atoms. The van der Waals surface area contributed by atoms with Gasteiger partial charge in [-0.2, -0.15) is 11.8 Å². The van der Waals surface area contributed by atoms with Crippen molar-refractivity contribution >= 4 is 23.5 Å². The topological polar surface area (TPSA) is 62.2 Å². The zero-order valence-corrected chi connectivity index (χ0v) is 10.7. The minimum Gasteiger partial charge on any atom is -0.478 e. The standard InChI is InChI=1S/C12H15FN2O2S/c13-9-5-10(12(16)17)11(15-7-9)14-6-8-1-3-18-4-2-8/h5,7-8H,1-4,6H2,(H,14,15)(H,16,17). The lowest BCUT2D eigenvalue weighted by atomic mass is 10.0. The molecule has 0 aliphatic carbocycles. The molecule has 1 fully saturated rings. The van der Waals surface area contributed by atoms with E-state index in [0.717, 1.165) is 36.6 Å². The fourth-order valence-corrected chi connectivity index (χ4v) is 3.14. The number of halogens is 1. The Kier molecular flexibility index (Phi) is 4.41. The van der Waals surface area contributed by atoms with Gasteiger partial charge in [-0.15, -0.1) is 0 Å². The van der Waals surface area contributed by atoms with E-state index in [1.54, 1.807) is 0 Å². The third-order valence-electron chi connectivity index (χ3n) is 2.98. The maximum absolute atomic E-state index is 12.9. The predicted octanol–water partition coefficient (Wildman–Crippen LogP) is 2.47. The Hall–Kier alpha value is -1.30. The molecule has 2 rings (SSSR count). The molecule has 1 saturated heterocycles. The van der Waals surface area contributed by atoms with Crippen LogP contribution in [0.3, 0.4) is 0 Å². The Bertz CT molecular complexity index is 436. The van der Waals surface area contributed by atoms with E-state index in [2.05, 4.69) is 10.3 Å². The van der Waals surface area contributed by atoms with Crippen molar-refractivity contribution in [1.29, 1.82) is 0 Å². The molecular formula is C12H15FN2O2S. The Labute approximate surface area is 109 Å². The van der Waals surface area contributed by atoms with Crippen molar-refractivity contribution in [2.75, 3.05) is 23.4 Å². The van der Waals surface area contributed by atoms with Crippen LogP contribution in [0.2, 0.25) is 0 Å². The molecular weight excluding hydrogens is 255 g/mol. The van der Waals surface area contributed by atoms with Gasteiger partial charge in [0.05, 0.1) is 6.20 Å². The van der Waals surface area contributed by atoms with Crippen molar-refractivity contribution in [2.45, 2.75) is 12.8 Å². The molecule has 1 aromatic heterocycles. The van der Waals surface area contributed by atoms with E-state index in [1.165, 1.54) is 0 Å². The van der Waals surface area contributed by atoms with Gasteiger partial charge in [-0.1, -0.05) is 0 Å². The molecule has 4 nitrogen and oxygen atoms in total. The van der Waals surface area contributed by atoms with Crippen LogP contribution in [0, 0.1) is 11.7 Å². The molecule has 1 aromatic rings. The second-order valence-corrected chi connectivity index (χ2v) is 5.52. The van der Waals surface area contributed by atoms with Gasteiger partial charge in [0.25, 0.3) is 0 Å². The van der Waals surface area contributed by atoms with Crippen molar-refractivity contribution < 1.29 is 14.3 Å². The normalized spacial score (nSPS) is 16.5. The third-order valence-corrected chi connectivity index (χ3v) is 4.03. The SMILES string of the molecule is O=C(O)c1cc(F)cnc1NCC1CCSCC1. The zero-order chi connectivity index (χ0) is 13.0. The highest BCUT2D eigenvalue weighted by molar-refractivity contribution is 7.99. The van der Waals surface area contributed by atoms with Gasteiger partial charge in [0.15, 0.2) is 0 Å². The van der Waals surface area contributed by atoms with E-state index in [1.807, 2.05) is 11.8 Å². The van der Waals surface area contributed by atoms with E-state index in [9.17, 15) is 9.18 Å². The average Bonchev–Trinajstić information content (AvgIpc) is 2.38. The quantitative estimate of drug-likeness (QED) is 0.880. The molecule has 0 bridgehead atoms. The molecule has 0 atom stereocenters. The van der Waals surface area contributed by atoms with Gasteiger partial charge >= 0.3 is 5.97 Å². The first-order valence-electron chi connectivity index (χ1n) is 5.87. The molecule has 0 aromatic carbocycles. The van der Waals surface area contributed by atoms with Gasteiger partial charge < -0.3 is 10.4 Å². The minimum atomic E-state index is -1.16. The Morgan fingerprint density at radius 3 is 2.94 bits per heavy atom. The van der Waals surface area contributed by atoms with Crippen LogP contribution in [-0.2, 0) is 0 Å². The number of thioether (sulfide) groups is 1. The monoisotopic (exact) mass is 270 g/mol. The Morgan fingerprint density at radius 2 is 2.28 bits per heavy atom. The fraction of sp³-hybridized carbons (Fsp3) is 0.500. The molecule has 98 valence electrons. The number of anilines is 1. The van der Waals surface area contributed by atoms with Crippen molar-refractivity contribution in [3.8, 4) is 0 Å². The van der Waals surface area contributed by atoms with Crippen LogP contribution in [0.5, 0.6) is 0 Å². The van der Waals surface area contributed by atoms with Crippen molar-refractivity contribution in [3.63, 3.8) is 0 Å². The number of carboxylic acid groups (broad SMARTS) is 1. The molecule has 0 radical (unpaired) electrons. The Balaban J connectivity index is 2.01. The van der Waals surface area contributed by atoms with E-state index in [4.69, 9.17) is 5.11 Å². The van der Waals surface area contributed by atoms with Crippen molar-refractivity contribution in [3.05, 3.63) is 23.6 Å². The lowest BCUT2D eigenvalue weighted by molar-refractivity contribution is 0.0697. The predicted molar refractivity (Wildman–Crippen MR) is 69.7 cm³/mol. The molecule has 1 aliphatic rings. The number of aromatic carboxylic acids is 1. The summed E-state index contributed by atoms with van der Waals surface area (Å²) in [5.74, 6) is 1.29. The Morgan fingerprint density at radius 1 is 1.56 bits per heavy atom. The largest absolute Gasteiger partial charge is 0.478 e. The second-order valence-electron chi connectivity index (χ2n) is 4.29. The summed E-state index contributed by atoms with van der Waals surface area (Å²) in [6, 6.07) is 0.994. The van der Waals surface area contributed by atoms with Gasteiger partial charge in [-0.05, 0) is 36.3 Å². The molecule has 0 amide bonds. The summed E-state index contributed by atoms with van der Waals surface area (Å²) in [5.41, 5.74) is -0.111. The van der Waals surface area contributed by atoms with Crippen LogP contribution in [0.25, 0.3) is 0 Å². The summed E-state index contributed by atoms with van der Waals surface area (Å²) >= 11 is 1.94. The first-order chi connectivity index (χ1) is 8.66. The summed E-state index contributed by atoms with van der Waals surface area (Å²) in [4.78, 5) is 14.8. The summed E-state index contributed by atoms with van der Waals surface area (Å²) in [6.07, 6.45) is 3.29. The van der Waals surface area contributed by atoms with Gasteiger partial charge in [-0.25, -0.2) is 14.2 Å². The smallest absolute Gasteiger partial charge is 0.339 e. The van der Waals surface area contributed by atoms with Crippen LogP contribution in [0.15, 0.2) is 12.3 Å². The van der Waals surface area contributed by atoms with E-state index < -0.39 is 11.8 Å². The highest BCUT2D eigenvalue weighted by atomic mass is 32.2. The maximum Gasteiger partial charge on any atom is 0.339 e. The number of nitrogens with zero attached hydrogens (tertiary/aromatic N) is 1. The number of aromatic nitrogens is 1. The molecule has 6 heteroatoms. The molecule has 0 saturated carbocycles. The molecule has 1 aliphatic heterocycles. The van der Waals surface area contributed by atoms with Crippen molar-refractivity contribution in [2.24, 2.45) is 5.92 Å². The van der Waals surface area contributed by atoms with E-state index in [-0.39, 0.29) is 11.4 Å². The number of pyridine rings is 1. The number of hydrogen-bond donors (Lipinski definition) is 2. The van der Waals surface area contributed by atoms with E-state index >= 15 is 0 Å². The van der Waals surface area contributed by atoms with E-state index in [0.29, 0.717) is 12.5 Å². The van der Waals surface area contributed by atoms with Crippen LogP contribution in [-0.4, -0.2) is 34.1 Å². The van der Waals surface area contributed by atoms with Gasteiger partial charge in [-0.3, -0.25) is 0 Å². The van der Waals surface area contributed by atoms with Crippen LogP contribution in [0.1, 0.15) is 23.2 Å². The summed E-state index contributed by atoms with van der Waals surface area (Å²) in [5, 5.41) is 12.0. The number of carbonyl (C=O) groups is 1.